The molecule has 1 saturated carbocycles. The number of hydrogen-bond acceptors (Lipinski definition) is 5. The number of nitrogens with zero attached hydrogens (tertiary/aromatic N) is 6. The number of halogens is 1. The third kappa shape index (κ3) is 4.68. The number of carbonyl (C=O) groups is 1. The van der Waals surface area contributed by atoms with Crippen molar-refractivity contribution in [1.29, 1.82) is 5.26 Å². The molecule has 1 aliphatic rings. The highest BCUT2D eigenvalue weighted by Crippen LogP contribution is 2.37. The van der Waals surface area contributed by atoms with Gasteiger partial charge in [-0.05, 0) is 48.9 Å². The van der Waals surface area contributed by atoms with E-state index in [1.807, 2.05) is 47.3 Å². The molecule has 0 saturated heterocycles. The van der Waals surface area contributed by atoms with Crippen molar-refractivity contribution in [3.63, 3.8) is 0 Å². The molecule has 7 nitrogen and oxygen atoms in total. The Morgan fingerprint density at radius 2 is 1.90 bits per heavy atom. The van der Waals surface area contributed by atoms with Crippen LogP contribution in [0.4, 0.5) is 4.39 Å². The van der Waals surface area contributed by atoms with Crippen molar-refractivity contribution < 1.29 is 9.18 Å². The van der Waals surface area contributed by atoms with E-state index in [4.69, 9.17) is 0 Å². The molecule has 2 unspecified atom stereocenters. The Bertz CT molecular complexity index is 1710. The molecule has 200 valence electrons. The summed E-state index contributed by atoms with van der Waals surface area (Å²) < 4.78 is 18.4. The van der Waals surface area contributed by atoms with Gasteiger partial charge in [-0.3, -0.25) is 14.0 Å². The fourth-order valence-corrected chi connectivity index (χ4v) is 5.92. The highest BCUT2D eigenvalue weighted by Gasteiger charge is 2.28. The molecule has 0 amide bonds. The van der Waals surface area contributed by atoms with Crippen LogP contribution >= 0.6 is 0 Å². The van der Waals surface area contributed by atoms with Crippen LogP contribution in [0.15, 0.2) is 79.5 Å². The van der Waals surface area contributed by atoms with Crippen LogP contribution in [0.25, 0.3) is 33.4 Å². The molecule has 3 heterocycles. The van der Waals surface area contributed by atoms with Crippen LogP contribution in [0.2, 0.25) is 0 Å². The fraction of sp³-hybridized carbons (Fsp3) is 0.281. The smallest absolute Gasteiger partial charge is 0.239 e. The summed E-state index contributed by atoms with van der Waals surface area (Å²) in [5.41, 5.74) is 3.85. The van der Waals surface area contributed by atoms with E-state index >= 15 is 4.39 Å². The molecule has 0 aliphatic heterocycles. The maximum absolute atomic E-state index is 15.0. The number of aromatic nitrogens is 5. The van der Waals surface area contributed by atoms with Crippen molar-refractivity contribution in [3.05, 3.63) is 90.9 Å². The SMILES string of the molecule is CC(C(=O)n1ccc2c(-c3cnn(C(CC#N)C4CCCC4)c3)ncnc21)c1ccc(-c2ccccc2)c(F)c1. The minimum Gasteiger partial charge on any atom is -0.273 e. The molecular formula is C32H29FN6O. The number of fused-ring (bicyclic) bond motifs is 1. The second-order valence-electron chi connectivity index (χ2n) is 10.5. The summed E-state index contributed by atoms with van der Waals surface area (Å²) in [6.45, 7) is 1.77. The maximum atomic E-state index is 15.0. The lowest BCUT2D eigenvalue weighted by Crippen LogP contribution is -2.17. The molecule has 1 aliphatic carbocycles. The van der Waals surface area contributed by atoms with Crippen LogP contribution in [0.1, 0.15) is 61.3 Å². The Kier molecular flexibility index (Phi) is 6.95. The molecule has 5 aromatic rings. The molecular weight excluding hydrogens is 503 g/mol. The van der Waals surface area contributed by atoms with Crippen LogP contribution in [-0.4, -0.2) is 30.2 Å². The Balaban J connectivity index is 1.28. The lowest BCUT2D eigenvalue weighted by atomic mass is 9.96. The summed E-state index contributed by atoms with van der Waals surface area (Å²) in [5, 5.41) is 14.8. The molecule has 1 fully saturated rings. The highest BCUT2D eigenvalue weighted by atomic mass is 19.1. The normalized spacial score (nSPS) is 15.2. The van der Waals surface area contributed by atoms with Gasteiger partial charge in [0.05, 0.1) is 36.3 Å². The highest BCUT2D eigenvalue weighted by molar-refractivity contribution is 5.98. The average Bonchev–Trinajstić information content (AvgIpc) is 3.77. The lowest BCUT2D eigenvalue weighted by Gasteiger charge is -2.21. The number of benzene rings is 2. The first-order chi connectivity index (χ1) is 19.5. The summed E-state index contributed by atoms with van der Waals surface area (Å²) in [7, 11) is 0. The molecule has 6 rings (SSSR count). The summed E-state index contributed by atoms with van der Waals surface area (Å²) in [5.74, 6) is -0.717. The third-order valence-corrected chi connectivity index (χ3v) is 8.13. The monoisotopic (exact) mass is 532 g/mol. The van der Waals surface area contributed by atoms with Crippen LogP contribution < -0.4 is 0 Å². The van der Waals surface area contributed by atoms with E-state index in [1.165, 1.54) is 29.8 Å². The molecule has 0 radical (unpaired) electrons. The van der Waals surface area contributed by atoms with Gasteiger partial charge in [0.1, 0.15) is 12.1 Å². The summed E-state index contributed by atoms with van der Waals surface area (Å²) >= 11 is 0. The molecule has 8 heteroatoms. The first kappa shape index (κ1) is 25.6. The number of rotatable bonds is 7. The van der Waals surface area contributed by atoms with E-state index < -0.39 is 5.92 Å². The number of hydrogen-bond donors (Lipinski definition) is 0. The molecule has 0 N–H and O–H groups in total. The van der Waals surface area contributed by atoms with Crippen molar-refractivity contribution in [3.8, 4) is 28.5 Å². The lowest BCUT2D eigenvalue weighted by molar-refractivity contribution is 0.0889. The first-order valence-electron chi connectivity index (χ1n) is 13.7. The summed E-state index contributed by atoms with van der Waals surface area (Å²) in [4.78, 5) is 22.5. The third-order valence-electron chi connectivity index (χ3n) is 8.13. The Morgan fingerprint density at radius 3 is 2.65 bits per heavy atom. The van der Waals surface area contributed by atoms with E-state index in [0.29, 0.717) is 34.8 Å². The zero-order valence-corrected chi connectivity index (χ0v) is 22.2. The van der Waals surface area contributed by atoms with Crippen molar-refractivity contribution in [2.24, 2.45) is 5.92 Å². The molecule has 3 aromatic heterocycles. The van der Waals surface area contributed by atoms with Gasteiger partial charge in [0, 0.05) is 28.9 Å². The number of carbonyl (C=O) groups excluding carboxylic acids is 1. The maximum Gasteiger partial charge on any atom is 0.239 e. The van der Waals surface area contributed by atoms with Crippen molar-refractivity contribution in [2.75, 3.05) is 0 Å². The molecule has 2 aromatic carbocycles. The van der Waals surface area contributed by atoms with E-state index in [2.05, 4.69) is 21.1 Å². The van der Waals surface area contributed by atoms with Crippen molar-refractivity contribution in [2.45, 2.75) is 51.0 Å². The average molecular weight is 533 g/mol. The zero-order chi connectivity index (χ0) is 27.6. The predicted molar refractivity (Wildman–Crippen MR) is 151 cm³/mol. The Labute approximate surface area is 231 Å². The molecule has 2 atom stereocenters. The van der Waals surface area contributed by atoms with Crippen LogP contribution in [0.5, 0.6) is 0 Å². The van der Waals surface area contributed by atoms with Crippen LogP contribution in [0, 0.1) is 23.1 Å². The minimum atomic E-state index is -0.589. The minimum absolute atomic E-state index is 0.0410. The van der Waals surface area contributed by atoms with Gasteiger partial charge in [-0.15, -0.1) is 0 Å². The molecule has 0 spiro atoms. The topological polar surface area (TPSA) is 89.4 Å². The van der Waals surface area contributed by atoms with Crippen LogP contribution in [0.3, 0.4) is 0 Å². The van der Waals surface area contributed by atoms with Gasteiger partial charge in [-0.2, -0.15) is 10.4 Å². The van der Waals surface area contributed by atoms with Crippen LogP contribution in [-0.2, 0) is 0 Å². The first-order valence-corrected chi connectivity index (χ1v) is 13.7. The van der Waals surface area contributed by atoms with E-state index in [1.54, 1.807) is 31.5 Å². The summed E-state index contributed by atoms with van der Waals surface area (Å²) in [6, 6.07) is 18.5. The second-order valence-corrected chi connectivity index (χ2v) is 10.5. The van der Waals surface area contributed by atoms with Gasteiger partial charge < -0.3 is 0 Å². The van der Waals surface area contributed by atoms with Gasteiger partial charge in [-0.1, -0.05) is 55.3 Å². The van der Waals surface area contributed by atoms with Gasteiger partial charge in [0.15, 0.2) is 5.65 Å². The molecule has 40 heavy (non-hydrogen) atoms. The van der Waals surface area contributed by atoms with Gasteiger partial charge >= 0.3 is 0 Å². The van der Waals surface area contributed by atoms with Gasteiger partial charge in [0.2, 0.25) is 5.91 Å². The van der Waals surface area contributed by atoms with E-state index in [-0.39, 0.29) is 17.8 Å². The Morgan fingerprint density at radius 1 is 1.10 bits per heavy atom. The van der Waals surface area contributed by atoms with Gasteiger partial charge in [0.25, 0.3) is 0 Å². The Hall–Kier alpha value is -4.64. The quantitative estimate of drug-likeness (QED) is 0.221. The molecule has 0 bridgehead atoms. The predicted octanol–water partition coefficient (Wildman–Crippen LogP) is 7.19. The fourth-order valence-electron chi connectivity index (χ4n) is 5.92. The standard InChI is InChI=1S/C32H29FN6O/c1-21(24-11-12-26(28(33)17-24)22-7-3-2-4-8-22)32(40)38-16-14-27-30(35-20-36-31(27)38)25-18-37-39(19-25)29(13-15-34)23-9-5-6-10-23/h2-4,7-8,11-12,14,16-21,23,29H,5-6,9-10,13H2,1H3. The summed E-state index contributed by atoms with van der Waals surface area (Å²) in [6.07, 6.45) is 11.9. The second kappa shape index (κ2) is 10.9. The van der Waals surface area contributed by atoms with Crippen molar-refractivity contribution >= 4 is 16.9 Å². The van der Waals surface area contributed by atoms with E-state index in [0.717, 1.165) is 29.4 Å². The van der Waals surface area contributed by atoms with Gasteiger partial charge in [-0.25, -0.2) is 14.4 Å². The van der Waals surface area contributed by atoms with E-state index in [9.17, 15) is 10.1 Å². The van der Waals surface area contributed by atoms with Crippen molar-refractivity contribution in [1.82, 2.24) is 24.3 Å². The largest absolute Gasteiger partial charge is 0.273 e. The zero-order valence-electron chi connectivity index (χ0n) is 22.2. The number of nitriles is 1.